The lowest BCUT2D eigenvalue weighted by atomic mass is 10.0. The number of aliphatic hydroxyl groups is 1. The monoisotopic (exact) mass is 426 g/mol. The van der Waals surface area contributed by atoms with Gasteiger partial charge in [-0.05, 0) is 12.8 Å². The normalized spacial score (nSPS) is 11.8. The van der Waals surface area contributed by atoms with E-state index in [9.17, 15) is 9.90 Å². The lowest BCUT2D eigenvalue weighted by Gasteiger charge is -2.24. The first-order chi connectivity index (χ1) is 14.7. The Balaban J connectivity index is 3.76. The molecule has 0 saturated carbocycles. The quantitative estimate of drug-likeness (QED) is 0.119. The molecule has 0 aliphatic heterocycles. The van der Waals surface area contributed by atoms with Crippen LogP contribution in [0.15, 0.2) is 4.99 Å². The van der Waals surface area contributed by atoms with Crippen LogP contribution < -0.4 is 0 Å². The molecule has 0 aromatic rings. The minimum Gasteiger partial charge on any atom is -0.480 e. The number of nitrogens with zero attached hydrogens (tertiary/aromatic N) is 2. The van der Waals surface area contributed by atoms with E-state index in [0.29, 0.717) is 6.54 Å². The van der Waals surface area contributed by atoms with E-state index < -0.39 is 5.97 Å². The van der Waals surface area contributed by atoms with Crippen molar-refractivity contribution < 1.29 is 15.0 Å². The Morgan fingerprint density at radius 1 is 0.733 bits per heavy atom. The average Bonchev–Trinajstić information content (AvgIpc) is 2.72. The molecule has 0 heterocycles. The summed E-state index contributed by atoms with van der Waals surface area (Å²) in [4.78, 5) is 17.4. The maximum Gasteiger partial charge on any atom is 0.323 e. The van der Waals surface area contributed by atoms with Gasteiger partial charge in [-0.2, -0.15) is 0 Å². The van der Waals surface area contributed by atoms with Gasteiger partial charge in [-0.15, -0.1) is 0 Å². The van der Waals surface area contributed by atoms with Crippen LogP contribution in [0, 0.1) is 0 Å². The predicted molar refractivity (Wildman–Crippen MR) is 128 cm³/mol. The molecule has 5 heteroatoms. The number of hydrogen-bond donors (Lipinski definition) is 2. The molecule has 0 aromatic carbocycles. The Bertz CT molecular complexity index is 413. The zero-order valence-electron chi connectivity index (χ0n) is 20.0. The summed E-state index contributed by atoms with van der Waals surface area (Å²) in [6.45, 7) is 5.28. The number of aliphatic carboxylic acids is 1. The number of aliphatic imine (C=N–C) groups is 1. The molecule has 0 spiro atoms. The summed E-state index contributed by atoms with van der Waals surface area (Å²) >= 11 is 0. The smallest absolute Gasteiger partial charge is 0.323 e. The third-order valence-corrected chi connectivity index (χ3v) is 5.58. The van der Waals surface area contributed by atoms with Gasteiger partial charge < -0.3 is 15.1 Å². The predicted octanol–water partition coefficient (Wildman–Crippen LogP) is 6.44. The number of amidine groups is 1. The van der Waals surface area contributed by atoms with Crippen LogP contribution in [0.1, 0.15) is 123 Å². The van der Waals surface area contributed by atoms with Crippen LogP contribution in [0.4, 0.5) is 0 Å². The lowest BCUT2D eigenvalue weighted by Crippen LogP contribution is -2.38. The Labute approximate surface area is 186 Å². The van der Waals surface area contributed by atoms with Crippen LogP contribution >= 0.6 is 0 Å². The molecule has 0 bridgehead atoms. The highest BCUT2D eigenvalue weighted by Crippen LogP contribution is 2.14. The zero-order chi connectivity index (χ0) is 22.3. The molecule has 30 heavy (non-hydrogen) atoms. The van der Waals surface area contributed by atoms with Crippen molar-refractivity contribution in [3.63, 3.8) is 0 Å². The minimum atomic E-state index is -0.871. The summed E-state index contributed by atoms with van der Waals surface area (Å²) in [6.07, 6.45) is 21.8. The Kier molecular flexibility index (Phi) is 21.8. The second-order valence-electron chi connectivity index (χ2n) is 8.54. The molecule has 0 rings (SSSR count). The highest BCUT2D eigenvalue weighted by molar-refractivity contribution is 5.85. The summed E-state index contributed by atoms with van der Waals surface area (Å²) in [6, 6.07) is 0. The van der Waals surface area contributed by atoms with Crippen molar-refractivity contribution in [2.45, 2.75) is 123 Å². The fraction of sp³-hybridized carbons (Fsp3) is 0.920. The molecule has 5 nitrogen and oxygen atoms in total. The van der Waals surface area contributed by atoms with E-state index in [1.54, 1.807) is 4.90 Å². The van der Waals surface area contributed by atoms with Gasteiger partial charge >= 0.3 is 5.97 Å². The highest BCUT2D eigenvalue weighted by Gasteiger charge is 2.14. The molecule has 0 aliphatic carbocycles. The van der Waals surface area contributed by atoms with Gasteiger partial charge in [0.1, 0.15) is 6.54 Å². The van der Waals surface area contributed by atoms with Crippen LogP contribution in [0.3, 0.4) is 0 Å². The number of carboxylic acid groups (broad SMARTS) is 1. The first-order valence-electron chi connectivity index (χ1n) is 12.8. The Morgan fingerprint density at radius 2 is 1.20 bits per heavy atom. The van der Waals surface area contributed by atoms with E-state index in [2.05, 4.69) is 18.8 Å². The van der Waals surface area contributed by atoms with Crippen molar-refractivity contribution in [1.29, 1.82) is 0 Å². The summed E-state index contributed by atoms with van der Waals surface area (Å²) in [5.41, 5.74) is 0. The second-order valence-corrected chi connectivity index (χ2v) is 8.54. The number of unbranched alkanes of at least 4 members (excludes halogenated alkanes) is 14. The summed E-state index contributed by atoms with van der Waals surface area (Å²) in [5.74, 6) is -0.0212. The Hall–Kier alpha value is -1.10. The van der Waals surface area contributed by atoms with E-state index >= 15 is 0 Å². The van der Waals surface area contributed by atoms with Crippen molar-refractivity contribution in [2.75, 3.05) is 26.2 Å². The van der Waals surface area contributed by atoms with Gasteiger partial charge in [-0.25, -0.2) is 0 Å². The van der Waals surface area contributed by atoms with Gasteiger partial charge in [-0.3, -0.25) is 9.79 Å². The number of carbonyl (C=O) groups is 1. The molecular weight excluding hydrogens is 376 g/mol. The van der Waals surface area contributed by atoms with Crippen molar-refractivity contribution in [3.05, 3.63) is 0 Å². The molecule has 0 unspecified atom stereocenters. The number of carboxylic acids is 1. The molecule has 0 saturated heterocycles. The van der Waals surface area contributed by atoms with Gasteiger partial charge in [0, 0.05) is 19.5 Å². The fourth-order valence-corrected chi connectivity index (χ4v) is 3.82. The van der Waals surface area contributed by atoms with Gasteiger partial charge in [0.15, 0.2) is 0 Å². The van der Waals surface area contributed by atoms with Crippen LogP contribution in [0.5, 0.6) is 0 Å². The molecule has 0 atom stereocenters. The number of rotatable bonds is 22. The lowest BCUT2D eigenvalue weighted by molar-refractivity contribution is -0.137. The van der Waals surface area contributed by atoms with Crippen molar-refractivity contribution >= 4 is 11.8 Å². The highest BCUT2D eigenvalue weighted by atomic mass is 16.4. The summed E-state index contributed by atoms with van der Waals surface area (Å²) < 4.78 is 0. The molecule has 0 amide bonds. The van der Waals surface area contributed by atoms with E-state index in [0.717, 1.165) is 31.6 Å². The van der Waals surface area contributed by atoms with Crippen molar-refractivity contribution in [2.24, 2.45) is 4.99 Å². The maximum absolute atomic E-state index is 11.1. The third-order valence-electron chi connectivity index (χ3n) is 5.58. The van der Waals surface area contributed by atoms with Crippen LogP contribution in [0.2, 0.25) is 0 Å². The first-order valence-corrected chi connectivity index (χ1v) is 12.8. The largest absolute Gasteiger partial charge is 0.480 e. The van der Waals surface area contributed by atoms with Crippen LogP contribution in [-0.2, 0) is 4.79 Å². The maximum atomic E-state index is 11.1. The van der Waals surface area contributed by atoms with E-state index in [-0.39, 0.29) is 13.2 Å². The number of hydrogen-bond acceptors (Lipinski definition) is 3. The standard InChI is InChI=1S/C25H50N2O3/c1-3-5-6-7-8-9-10-11-12-13-14-15-16-17-18-19-24(26-20-4-2)27(21-22-28)23-25(29)30/h28H,3-23H2,1-2H3,(H,29,30). The van der Waals surface area contributed by atoms with Crippen LogP contribution in [-0.4, -0.2) is 53.2 Å². The van der Waals surface area contributed by atoms with Gasteiger partial charge in [0.05, 0.1) is 12.4 Å². The third kappa shape index (κ3) is 18.9. The summed E-state index contributed by atoms with van der Waals surface area (Å²) in [5, 5.41) is 18.3. The SMILES string of the molecule is CCCCCCCCCCCCCCCCCC(=NCCC)N(CCO)CC(=O)O. The number of aliphatic hydroxyl groups excluding tert-OH is 1. The molecule has 0 radical (unpaired) electrons. The minimum absolute atomic E-state index is 0.0444. The molecule has 0 aromatic heterocycles. The van der Waals surface area contributed by atoms with Crippen molar-refractivity contribution in [1.82, 2.24) is 4.90 Å². The van der Waals surface area contributed by atoms with Gasteiger partial charge in [0.25, 0.3) is 0 Å². The topological polar surface area (TPSA) is 73.1 Å². The molecule has 0 aliphatic rings. The van der Waals surface area contributed by atoms with E-state index in [1.807, 2.05) is 0 Å². The van der Waals surface area contributed by atoms with Crippen LogP contribution in [0.25, 0.3) is 0 Å². The molecule has 0 fully saturated rings. The van der Waals surface area contributed by atoms with Gasteiger partial charge in [-0.1, -0.05) is 104 Å². The van der Waals surface area contributed by atoms with E-state index in [1.165, 1.54) is 89.9 Å². The Morgan fingerprint density at radius 3 is 1.60 bits per heavy atom. The molecular formula is C25H50N2O3. The fourth-order valence-electron chi connectivity index (χ4n) is 3.82. The first kappa shape index (κ1) is 28.9. The summed E-state index contributed by atoms with van der Waals surface area (Å²) in [7, 11) is 0. The molecule has 2 N–H and O–H groups in total. The second kappa shape index (κ2) is 22.6. The van der Waals surface area contributed by atoms with E-state index in [4.69, 9.17) is 5.11 Å². The zero-order valence-corrected chi connectivity index (χ0v) is 20.0. The molecule has 178 valence electrons. The van der Waals surface area contributed by atoms with Gasteiger partial charge in [0.2, 0.25) is 0 Å². The average molecular weight is 427 g/mol. The van der Waals surface area contributed by atoms with Crippen molar-refractivity contribution in [3.8, 4) is 0 Å².